The zero-order valence-electron chi connectivity index (χ0n) is 6.11. The van der Waals surface area contributed by atoms with Gasteiger partial charge in [0.25, 0.3) is 0 Å². The lowest BCUT2D eigenvalue weighted by atomic mass is 10.3. The first-order chi connectivity index (χ1) is 4.27. The SMILES string of the molecule is CCCCNNC(=N)N.I. The molecule has 0 heterocycles. The molecule has 0 aliphatic heterocycles. The van der Waals surface area contributed by atoms with Crippen LogP contribution in [0.25, 0.3) is 0 Å². The Kier molecular flexibility index (Phi) is 11.3. The van der Waals surface area contributed by atoms with Crippen LogP contribution in [0, 0.1) is 5.41 Å². The summed E-state index contributed by atoms with van der Waals surface area (Å²) in [6, 6.07) is 0. The first-order valence-electron chi connectivity index (χ1n) is 3.10. The van der Waals surface area contributed by atoms with Crippen molar-refractivity contribution in [2.75, 3.05) is 6.54 Å². The van der Waals surface area contributed by atoms with Gasteiger partial charge >= 0.3 is 0 Å². The molecule has 0 bridgehead atoms. The van der Waals surface area contributed by atoms with Gasteiger partial charge in [-0.3, -0.25) is 10.8 Å². The molecular formula is C5H15IN4. The minimum atomic E-state index is -0.0360. The molecular weight excluding hydrogens is 243 g/mol. The van der Waals surface area contributed by atoms with E-state index in [1.807, 2.05) is 0 Å². The van der Waals surface area contributed by atoms with Crippen LogP contribution in [0.2, 0.25) is 0 Å². The van der Waals surface area contributed by atoms with Crippen LogP contribution >= 0.6 is 24.0 Å². The van der Waals surface area contributed by atoms with E-state index in [2.05, 4.69) is 17.8 Å². The maximum Gasteiger partial charge on any atom is 0.200 e. The van der Waals surface area contributed by atoms with E-state index >= 15 is 0 Å². The van der Waals surface area contributed by atoms with Crippen LogP contribution in [0.4, 0.5) is 0 Å². The van der Waals surface area contributed by atoms with Gasteiger partial charge < -0.3 is 5.73 Å². The Morgan fingerprint density at radius 1 is 1.60 bits per heavy atom. The van der Waals surface area contributed by atoms with Gasteiger partial charge in [0.2, 0.25) is 0 Å². The van der Waals surface area contributed by atoms with Crippen molar-refractivity contribution in [3.8, 4) is 0 Å². The van der Waals surface area contributed by atoms with Crippen molar-refractivity contribution < 1.29 is 0 Å². The summed E-state index contributed by atoms with van der Waals surface area (Å²) in [5.74, 6) is -0.0360. The van der Waals surface area contributed by atoms with Crippen molar-refractivity contribution in [1.82, 2.24) is 10.9 Å². The first-order valence-corrected chi connectivity index (χ1v) is 3.10. The van der Waals surface area contributed by atoms with E-state index in [4.69, 9.17) is 11.1 Å². The molecule has 4 nitrogen and oxygen atoms in total. The lowest BCUT2D eigenvalue weighted by molar-refractivity contribution is 0.608. The second kappa shape index (κ2) is 8.96. The van der Waals surface area contributed by atoms with Crippen molar-refractivity contribution in [2.24, 2.45) is 5.73 Å². The second-order valence-corrected chi connectivity index (χ2v) is 1.82. The third-order valence-electron chi connectivity index (χ3n) is 0.878. The molecule has 0 aliphatic carbocycles. The number of nitrogens with two attached hydrogens (primary N) is 1. The summed E-state index contributed by atoms with van der Waals surface area (Å²) >= 11 is 0. The van der Waals surface area contributed by atoms with Crippen LogP contribution in [-0.4, -0.2) is 12.5 Å². The third-order valence-corrected chi connectivity index (χ3v) is 0.878. The van der Waals surface area contributed by atoms with Crippen molar-refractivity contribution in [2.45, 2.75) is 19.8 Å². The van der Waals surface area contributed by atoms with Crippen LogP contribution in [0.3, 0.4) is 0 Å². The van der Waals surface area contributed by atoms with E-state index in [0.717, 1.165) is 19.4 Å². The minimum absolute atomic E-state index is 0. The quantitative estimate of drug-likeness (QED) is 0.194. The summed E-state index contributed by atoms with van der Waals surface area (Å²) in [5, 5.41) is 6.73. The third kappa shape index (κ3) is 10.9. The molecule has 62 valence electrons. The summed E-state index contributed by atoms with van der Waals surface area (Å²) in [5.41, 5.74) is 10.3. The average molecular weight is 258 g/mol. The molecule has 0 spiro atoms. The maximum absolute atomic E-state index is 6.73. The number of hydrogen-bond donors (Lipinski definition) is 4. The van der Waals surface area contributed by atoms with E-state index in [0.29, 0.717) is 0 Å². The minimum Gasteiger partial charge on any atom is -0.369 e. The highest BCUT2D eigenvalue weighted by Crippen LogP contribution is 1.79. The Morgan fingerprint density at radius 2 is 2.20 bits per heavy atom. The maximum atomic E-state index is 6.73. The topological polar surface area (TPSA) is 73.9 Å². The summed E-state index contributed by atoms with van der Waals surface area (Å²) in [6.45, 7) is 2.96. The number of rotatable bonds is 4. The molecule has 0 radical (unpaired) electrons. The Bertz CT molecular complexity index is 85.7. The Morgan fingerprint density at radius 3 is 2.60 bits per heavy atom. The molecule has 0 saturated heterocycles. The molecule has 0 atom stereocenters. The van der Waals surface area contributed by atoms with Gasteiger partial charge in [0.15, 0.2) is 5.96 Å². The number of unbranched alkanes of at least 4 members (excludes halogenated alkanes) is 1. The second-order valence-electron chi connectivity index (χ2n) is 1.82. The molecule has 0 aliphatic rings. The zero-order chi connectivity index (χ0) is 7.11. The molecule has 0 rings (SSSR count). The highest BCUT2D eigenvalue weighted by Gasteiger charge is 1.83. The fourth-order valence-corrected chi connectivity index (χ4v) is 0.423. The standard InChI is InChI=1S/C5H14N4.HI/c1-2-3-4-8-9-5(6)7;/h8H,2-4H2,1H3,(H4,6,7,9);1H. The predicted octanol–water partition coefficient (Wildman–Crippen LogP) is 0.392. The Hall–Kier alpha value is -0.0400. The summed E-state index contributed by atoms with van der Waals surface area (Å²) in [4.78, 5) is 0. The molecule has 5 N–H and O–H groups in total. The number of guanidine groups is 1. The van der Waals surface area contributed by atoms with Crippen molar-refractivity contribution in [3.05, 3.63) is 0 Å². The molecule has 0 saturated carbocycles. The van der Waals surface area contributed by atoms with Crippen LogP contribution in [0.5, 0.6) is 0 Å². The Labute approximate surface area is 78.4 Å². The van der Waals surface area contributed by atoms with Crippen LogP contribution in [0.1, 0.15) is 19.8 Å². The zero-order valence-corrected chi connectivity index (χ0v) is 8.44. The molecule has 0 unspecified atom stereocenters. The van der Waals surface area contributed by atoms with Crippen LogP contribution in [0.15, 0.2) is 0 Å². The van der Waals surface area contributed by atoms with Crippen molar-refractivity contribution in [3.63, 3.8) is 0 Å². The molecule has 0 aromatic carbocycles. The molecule has 0 aromatic heterocycles. The Balaban J connectivity index is 0. The molecule has 10 heavy (non-hydrogen) atoms. The summed E-state index contributed by atoms with van der Waals surface area (Å²) in [6.07, 6.45) is 2.24. The summed E-state index contributed by atoms with van der Waals surface area (Å²) < 4.78 is 0. The number of nitrogens with one attached hydrogen (secondary N) is 3. The van der Waals surface area contributed by atoms with Gasteiger partial charge in [0.05, 0.1) is 0 Å². The fraction of sp³-hybridized carbons (Fsp3) is 0.800. The van der Waals surface area contributed by atoms with Gasteiger partial charge in [-0.1, -0.05) is 13.3 Å². The smallest absolute Gasteiger partial charge is 0.200 e. The first kappa shape index (κ1) is 12.6. The van der Waals surface area contributed by atoms with E-state index in [1.54, 1.807) is 0 Å². The van der Waals surface area contributed by atoms with Gasteiger partial charge in [-0.2, -0.15) is 0 Å². The van der Waals surface area contributed by atoms with E-state index in [1.165, 1.54) is 0 Å². The highest BCUT2D eigenvalue weighted by atomic mass is 127. The normalized spacial score (nSPS) is 8.10. The van der Waals surface area contributed by atoms with Gasteiger partial charge in [0, 0.05) is 6.54 Å². The molecule has 0 aromatic rings. The van der Waals surface area contributed by atoms with Gasteiger partial charge in [-0.25, -0.2) is 5.43 Å². The van der Waals surface area contributed by atoms with Crippen LogP contribution in [-0.2, 0) is 0 Å². The average Bonchev–Trinajstić information content (AvgIpc) is 1.80. The largest absolute Gasteiger partial charge is 0.369 e. The van der Waals surface area contributed by atoms with Gasteiger partial charge in [0.1, 0.15) is 0 Å². The molecule has 5 heteroatoms. The molecule has 0 amide bonds. The number of hydrogen-bond acceptors (Lipinski definition) is 2. The summed E-state index contributed by atoms with van der Waals surface area (Å²) in [7, 11) is 0. The number of halogens is 1. The predicted molar refractivity (Wildman–Crippen MR) is 53.4 cm³/mol. The fourth-order valence-electron chi connectivity index (χ4n) is 0.423. The van der Waals surface area contributed by atoms with Crippen LogP contribution < -0.4 is 16.6 Å². The van der Waals surface area contributed by atoms with E-state index in [-0.39, 0.29) is 29.9 Å². The molecule has 0 fully saturated rings. The van der Waals surface area contributed by atoms with E-state index < -0.39 is 0 Å². The van der Waals surface area contributed by atoms with Gasteiger partial charge in [-0.05, 0) is 6.42 Å². The number of hydrazine groups is 1. The van der Waals surface area contributed by atoms with Crippen molar-refractivity contribution >= 4 is 29.9 Å². The lowest BCUT2D eigenvalue weighted by Gasteiger charge is -2.03. The van der Waals surface area contributed by atoms with E-state index in [9.17, 15) is 0 Å². The van der Waals surface area contributed by atoms with Gasteiger partial charge in [-0.15, -0.1) is 24.0 Å². The lowest BCUT2D eigenvalue weighted by Crippen LogP contribution is -2.41. The van der Waals surface area contributed by atoms with Crippen molar-refractivity contribution in [1.29, 1.82) is 5.41 Å². The highest BCUT2D eigenvalue weighted by molar-refractivity contribution is 14.0. The monoisotopic (exact) mass is 258 g/mol.